The van der Waals surface area contributed by atoms with Gasteiger partial charge >= 0.3 is 5.63 Å². The van der Waals surface area contributed by atoms with Crippen molar-refractivity contribution in [3.8, 4) is 11.8 Å². The van der Waals surface area contributed by atoms with Crippen LogP contribution in [-0.2, 0) is 0 Å². The molecule has 0 aliphatic carbocycles. The summed E-state index contributed by atoms with van der Waals surface area (Å²) in [6, 6.07) is 14.6. The predicted octanol–water partition coefficient (Wildman–Crippen LogP) is 3.08. The highest BCUT2D eigenvalue weighted by molar-refractivity contribution is 5.81. The van der Waals surface area contributed by atoms with E-state index in [4.69, 9.17) is 10.2 Å². The van der Waals surface area contributed by atoms with Gasteiger partial charge in [-0.1, -0.05) is 29.5 Å². The Morgan fingerprint density at radius 2 is 1.76 bits per heavy atom. The predicted molar refractivity (Wildman–Crippen MR) is 84.1 cm³/mol. The van der Waals surface area contributed by atoms with E-state index in [9.17, 15) is 4.79 Å². The average molecular weight is 275 g/mol. The highest BCUT2D eigenvalue weighted by Crippen LogP contribution is 2.16. The summed E-state index contributed by atoms with van der Waals surface area (Å²) in [5.41, 5.74) is 8.78. The smallest absolute Gasteiger partial charge is 0.352 e. The number of nitrogen functional groups attached to an aromatic ring is 1. The van der Waals surface area contributed by atoms with E-state index in [1.807, 2.05) is 31.2 Å². The van der Waals surface area contributed by atoms with Gasteiger partial charge in [0.25, 0.3) is 0 Å². The van der Waals surface area contributed by atoms with Crippen LogP contribution in [0.2, 0.25) is 0 Å². The highest BCUT2D eigenvalue weighted by Gasteiger charge is 2.03. The fraction of sp³-hybridized carbons (Fsp3) is 0.0556. The summed E-state index contributed by atoms with van der Waals surface area (Å²) in [7, 11) is 0. The van der Waals surface area contributed by atoms with Crippen LogP contribution in [0.15, 0.2) is 57.7 Å². The summed E-state index contributed by atoms with van der Waals surface area (Å²) < 4.78 is 5.24. The van der Waals surface area contributed by atoms with E-state index in [2.05, 4.69) is 11.8 Å². The second-order valence-electron chi connectivity index (χ2n) is 4.86. The van der Waals surface area contributed by atoms with Crippen LogP contribution in [0.25, 0.3) is 11.0 Å². The van der Waals surface area contributed by atoms with Crippen molar-refractivity contribution < 1.29 is 4.42 Å². The Hall–Kier alpha value is -2.99. The molecule has 0 unspecified atom stereocenters. The van der Waals surface area contributed by atoms with Crippen LogP contribution >= 0.6 is 0 Å². The van der Waals surface area contributed by atoms with Gasteiger partial charge in [0.1, 0.15) is 11.1 Å². The molecule has 1 aromatic heterocycles. The molecule has 3 aromatic rings. The van der Waals surface area contributed by atoms with Crippen LogP contribution in [0.5, 0.6) is 0 Å². The molecule has 0 atom stereocenters. The second-order valence-corrected chi connectivity index (χ2v) is 4.86. The van der Waals surface area contributed by atoms with Crippen molar-refractivity contribution in [3.05, 3.63) is 75.6 Å². The summed E-state index contributed by atoms with van der Waals surface area (Å²) in [6.07, 6.45) is 0. The number of rotatable bonds is 0. The van der Waals surface area contributed by atoms with E-state index in [0.29, 0.717) is 16.8 Å². The fourth-order valence-electron chi connectivity index (χ4n) is 2.01. The van der Waals surface area contributed by atoms with Crippen LogP contribution < -0.4 is 11.4 Å². The summed E-state index contributed by atoms with van der Waals surface area (Å²) in [4.78, 5) is 11.9. The quantitative estimate of drug-likeness (QED) is 0.389. The summed E-state index contributed by atoms with van der Waals surface area (Å²) in [5.74, 6) is 5.83. The van der Waals surface area contributed by atoms with Gasteiger partial charge in [0.15, 0.2) is 0 Å². The van der Waals surface area contributed by atoms with Crippen LogP contribution in [-0.4, -0.2) is 0 Å². The van der Waals surface area contributed by atoms with Gasteiger partial charge in [-0.05, 0) is 43.3 Å². The van der Waals surface area contributed by atoms with Crippen molar-refractivity contribution in [2.75, 3.05) is 5.73 Å². The minimum atomic E-state index is -0.438. The molecule has 3 heteroatoms. The zero-order valence-corrected chi connectivity index (χ0v) is 11.5. The molecule has 0 radical (unpaired) electrons. The number of fused-ring (bicyclic) bond motifs is 1. The molecule has 21 heavy (non-hydrogen) atoms. The first-order valence-electron chi connectivity index (χ1n) is 6.54. The minimum absolute atomic E-state index is 0.327. The topological polar surface area (TPSA) is 56.2 Å². The molecule has 0 aliphatic heterocycles. The molecule has 0 saturated heterocycles. The minimum Gasteiger partial charge on any atom is -0.422 e. The van der Waals surface area contributed by atoms with Crippen molar-refractivity contribution >= 4 is 16.7 Å². The lowest BCUT2D eigenvalue weighted by Crippen LogP contribution is -2.03. The van der Waals surface area contributed by atoms with Crippen LogP contribution in [0.4, 0.5) is 5.69 Å². The monoisotopic (exact) mass is 275 g/mol. The molecule has 2 aromatic carbocycles. The third-order valence-electron chi connectivity index (χ3n) is 3.15. The number of hydrogen-bond donors (Lipinski definition) is 1. The van der Waals surface area contributed by atoms with E-state index < -0.39 is 5.63 Å². The molecule has 0 spiro atoms. The Bertz CT molecular complexity index is 925. The molecule has 0 amide bonds. The fourth-order valence-corrected chi connectivity index (χ4v) is 2.01. The first-order chi connectivity index (χ1) is 10.1. The lowest BCUT2D eigenvalue weighted by Gasteiger charge is -1.98. The highest BCUT2D eigenvalue weighted by atomic mass is 16.4. The largest absolute Gasteiger partial charge is 0.422 e. The standard InChI is InChI=1S/C18H13NO2/c1-12-2-4-13(5-3-12)6-7-14-10-15-11-16(19)8-9-17(15)21-18(14)20/h2-5,8-11H,19H2,1H3. The van der Waals surface area contributed by atoms with E-state index in [1.54, 1.807) is 24.3 Å². The summed E-state index contributed by atoms with van der Waals surface area (Å²) in [5, 5.41) is 0.766. The number of benzene rings is 2. The Labute approximate surface area is 122 Å². The molecule has 0 aliphatic rings. The number of anilines is 1. The zero-order chi connectivity index (χ0) is 14.8. The first kappa shape index (κ1) is 13.0. The number of nitrogens with two attached hydrogens (primary N) is 1. The van der Waals surface area contributed by atoms with Gasteiger partial charge in [0.2, 0.25) is 0 Å². The van der Waals surface area contributed by atoms with Gasteiger partial charge in [-0.3, -0.25) is 0 Å². The van der Waals surface area contributed by atoms with E-state index in [0.717, 1.165) is 10.9 Å². The van der Waals surface area contributed by atoms with Crippen molar-refractivity contribution in [2.45, 2.75) is 6.92 Å². The molecule has 3 rings (SSSR count). The third-order valence-corrected chi connectivity index (χ3v) is 3.15. The maximum Gasteiger partial charge on any atom is 0.352 e. The van der Waals surface area contributed by atoms with E-state index in [-0.39, 0.29) is 0 Å². The normalized spacial score (nSPS) is 10.1. The van der Waals surface area contributed by atoms with Gasteiger partial charge in [-0.2, -0.15) is 0 Å². The van der Waals surface area contributed by atoms with Gasteiger partial charge < -0.3 is 10.2 Å². The van der Waals surface area contributed by atoms with Gasteiger partial charge in [-0.15, -0.1) is 0 Å². The zero-order valence-electron chi connectivity index (χ0n) is 11.5. The van der Waals surface area contributed by atoms with Crippen molar-refractivity contribution in [3.63, 3.8) is 0 Å². The molecule has 0 bridgehead atoms. The average Bonchev–Trinajstić information content (AvgIpc) is 2.47. The van der Waals surface area contributed by atoms with E-state index >= 15 is 0 Å². The maximum atomic E-state index is 11.9. The number of aryl methyl sites for hydroxylation is 1. The Kier molecular flexibility index (Phi) is 3.21. The molecule has 0 fully saturated rings. The van der Waals surface area contributed by atoms with Crippen molar-refractivity contribution in [2.24, 2.45) is 0 Å². The van der Waals surface area contributed by atoms with Crippen LogP contribution in [0, 0.1) is 18.8 Å². The Morgan fingerprint density at radius 3 is 2.52 bits per heavy atom. The molecular formula is C18H13NO2. The maximum absolute atomic E-state index is 11.9. The lowest BCUT2D eigenvalue weighted by atomic mass is 10.1. The van der Waals surface area contributed by atoms with Crippen molar-refractivity contribution in [1.29, 1.82) is 0 Å². The molecule has 2 N–H and O–H groups in total. The van der Waals surface area contributed by atoms with Gasteiger partial charge in [0.05, 0.1) is 0 Å². The summed E-state index contributed by atoms with van der Waals surface area (Å²) in [6.45, 7) is 2.01. The molecule has 102 valence electrons. The molecular weight excluding hydrogens is 262 g/mol. The third kappa shape index (κ3) is 2.80. The van der Waals surface area contributed by atoms with E-state index in [1.165, 1.54) is 5.56 Å². The van der Waals surface area contributed by atoms with Crippen LogP contribution in [0.3, 0.4) is 0 Å². The molecule has 0 saturated carbocycles. The van der Waals surface area contributed by atoms with Crippen molar-refractivity contribution in [1.82, 2.24) is 0 Å². The van der Waals surface area contributed by atoms with Gasteiger partial charge in [0, 0.05) is 16.6 Å². The molecule has 1 heterocycles. The molecule has 3 nitrogen and oxygen atoms in total. The Morgan fingerprint density at radius 1 is 1.00 bits per heavy atom. The SMILES string of the molecule is Cc1ccc(C#Cc2cc3cc(N)ccc3oc2=O)cc1. The van der Waals surface area contributed by atoms with Gasteiger partial charge in [-0.25, -0.2) is 4.79 Å². The number of hydrogen-bond acceptors (Lipinski definition) is 3. The first-order valence-corrected chi connectivity index (χ1v) is 6.54. The second kappa shape index (κ2) is 5.18. The Balaban J connectivity index is 2.06. The summed E-state index contributed by atoms with van der Waals surface area (Å²) >= 11 is 0. The van der Waals surface area contributed by atoms with Crippen LogP contribution in [0.1, 0.15) is 16.7 Å². The lowest BCUT2D eigenvalue weighted by molar-refractivity contribution is 0.559.